The lowest BCUT2D eigenvalue weighted by Gasteiger charge is -2.37. The first kappa shape index (κ1) is 23.5. The van der Waals surface area contributed by atoms with Gasteiger partial charge in [0.25, 0.3) is 16.1 Å². The molecule has 0 saturated carbocycles. The van der Waals surface area contributed by atoms with Crippen molar-refractivity contribution in [2.75, 3.05) is 52.5 Å². The van der Waals surface area contributed by atoms with Crippen LogP contribution in [0.15, 0.2) is 24.3 Å². The van der Waals surface area contributed by atoms with Crippen molar-refractivity contribution in [2.45, 2.75) is 6.18 Å². The van der Waals surface area contributed by atoms with Crippen molar-refractivity contribution in [3.8, 4) is 5.69 Å². The molecule has 10 nitrogen and oxygen atoms in total. The van der Waals surface area contributed by atoms with Crippen LogP contribution in [0.5, 0.6) is 0 Å². The molecule has 2 fully saturated rings. The number of carbonyl (C=O) groups is 1. The van der Waals surface area contributed by atoms with Crippen LogP contribution < -0.4 is 0 Å². The summed E-state index contributed by atoms with van der Waals surface area (Å²) in [5.74, 6) is -1.66. The summed E-state index contributed by atoms with van der Waals surface area (Å²) in [6.45, 7) is 0.624. The molecule has 1 aromatic heterocycles. The molecule has 2 aliphatic heterocycles. The van der Waals surface area contributed by atoms with Gasteiger partial charge in [0.1, 0.15) is 5.82 Å². The zero-order valence-electron chi connectivity index (χ0n) is 17.2. The summed E-state index contributed by atoms with van der Waals surface area (Å²) in [6.07, 6.45) is -4.97. The van der Waals surface area contributed by atoms with Crippen molar-refractivity contribution in [2.24, 2.45) is 0 Å². The first-order valence-electron chi connectivity index (χ1n) is 10.00. The van der Waals surface area contributed by atoms with Crippen molar-refractivity contribution >= 4 is 16.1 Å². The minimum atomic E-state index is -4.97. The predicted molar refractivity (Wildman–Crippen MR) is 105 cm³/mol. The first-order valence-corrected chi connectivity index (χ1v) is 11.4. The third kappa shape index (κ3) is 4.71. The molecule has 0 unspecified atom stereocenters. The maximum Gasteiger partial charge on any atom is 0.435 e. The Bertz CT molecular complexity index is 1110. The number of aromatic nitrogens is 3. The molecular formula is C18H20F4N6O4S. The van der Waals surface area contributed by atoms with Gasteiger partial charge >= 0.3 is 6.18 Å². The number of ether oxygens (including phenoxy) is 1. The smallest absolute Gasteiger partial charge is 0.379 e. The molecule has 1 aromatic carbocycles. The molecule has 0 N–H and O–H groups in total. The molecule has 2 aliphatic rings. The van der Waals surface area contributed by atoms with Crippen molar-refractivity contribution in [3.05, 3.63) is 41.5 Å². The number of morpholine rings is 1. The number of alkyl halides is 3. The van der Waals surface area contributed by atoms with Crippen LogP contribution in [0.4, 0.5) is 17.6 Å². The Balaban J connectivity index is 1.53. The summed E-state index contributed by atoms with van der Waals surface area (Å²) >= 11 is 0. The molecular weight excluding hydrogens is 472 g/mol. The fourth-order valence-electron chi connectivity index (χ4n) is 3.66. The van der Waals surface area contributed by atoms with E-state index in [1.165, 1.54) is 8.61 Å². The second-order valence-corrected chi connectivity index (χ2v) is 9.31. The normalized spacial score (nSPS) is 19.1. The van der Waals surface area contributed by atoms with E-state index < -0.39 is 39.5 Å². The molecule has 0 spiro atoms. The molecule has 15 heteroatoms. The predicted octanol–water partition coefficient (Wildman–Crippen LogP) is 0.760. The van der Waals surface area contributed by atoms with Gasteiger partial charge in [0, 0.05) is 39.3 Å². The Labute approximate surface area is 186 Å². The zero-order chi connectivity index (χ0) is 23.8. The minimum Gasteiger partial charge on any atom is -0.379 e. The molecule has 0 radical (unpaired) electrons. The number of benzene rings is 1. The third-order valence-corrected chi connectivity index (χ3v) is 7.40. The van der Waals surface area contributed by atoms with E-state index in [-0.39, 0.29) is 58.2 Å². The van der Waals surface area contributed by atoms with Gasteiger partial charge in [0.2, 0.25) is 0 Å². The van der Waals surface area contributed by atoms with Gasteiger partial charge in [-0.15, -0.1) is 5.10 Å². The maximum absolute atomic E-state index is 13.8. The summed E-state index contributed by atoms with van der Waals surface area (Å²) in [6, 6.07) is 4.10. The van der Waals surface area contributed by atoms with Gasteiger partial charge in [-0.05, 0) is 24.3 Å². The lowest BCUT2D eigenvalue weighted by atomic mass is 10.2. The Morgan fingerprint density at radius 2 is 1.52 bits per heavy atom. The van der Waals surface area contributed by atoms with E-state index in [0.717, 1.165) is 29.2 Å². The molecule has 0 atom stereocenters. The second-order valence-electron chi connectivity index (χ2n) is 7.38. The average molecular weight is 492 g/mol. The molecule has 33 heavy (non-hydrogen) atoms. The van der Waals surface area contributed by atoms with E-state index in [4.69, 9.17) is 4.74 Å². The van der Waals surface area contributed by atoms with E-state index in [1.54, 1.807) is 0 Å². The van der Waals surface area contributed by atoms with Crippen LogP contribution in [0.2, 0.25) is 0 Å². The molecule has 3 heterocycles. The van der Waals surface area contributed by atoms with Gasteiger partial charge in [-0.1, -0.05) is 5.21 Å². The largest absolute Gasteiger partial charge is 0.435 e. The van der Waals surface area contributed by atoms with Crippen LogP contribution in [-0.4, -0.2) is 95.3 Å². The van der Waals surface area contributed by atoms with Gasteiger partial charge < -0.3 is 9.64 Å². The number of carbonyl (C=O) groups excluding carboxylic acids is 1. The minimum absolute atomic E-state index is 0.0706. The van der Waals surface area contributed by atoms with E-state index in [1.807, 2.05) is 0 Å². The molecule has 0 aliphatic carbocycles. The number of rotatable bonds is 4. The summed E-state index contributed by atoms with van der Waals surface area (Å²) in [7, 11) is -3.76. The third-order valence-electron chi connectivity index (χ3n) is 5.36. The Morgan fingerprint density at radius 3 is 2.09 bits per heavy atom. The highest BCUT2D eigenvalue weighted by Crippen LogP contribution is 2.33. The van der Waals surface area contributed by atoms with Gasteiger partial charge in [0.05, 0.1) is 18.9 Å². The van der Waals surface area contributed by atoms with Crippen LogP contribution in [0, 0.1) is 5.82 Å². The molecule has 4 rings (SSSR count). The summed E-state index contributed by atoms with van der Waals surface area (Å²) in [4.78, 5) is 14.0. The number of amides is 1. The van der Waals surface area contributed by atoms with Crippen LogP contribution in [0.1, 0.15) is 16.2 Å². The lowest BCUT2D eigenvalue weighted by Crippen LogP contribution is -2.55. The molecule has 0 bridgehead atoms. The topological polar surface area (TPSA) is 101 Å². The SMILES string of the molecule is O=C(c1nnn(-c2ccc(F)cc2)c1C(F)(F)F)N1CCN(S(=O)(=O)N2CCOCC2)CC1. The monoisotopic (exact) mass is 492 g/mol. The number of nitrogens with zero attached hydrogens (tertiary/aromatic N) is 6. The first-order chi connectivity index (χ1) is 15.6. The van der Waals surface area contributed by atoms with Crippen LogP contribution in [0.3, 0.4) is 0 Å². The van der Waals surface area contributed by atoms with Crippen LogP contribution >= 0.6 is 0 Å². The average Bonchev–Trinajstić information content (AvgIpc) is 3.26. The quantitative estimate of drug-likeness (QED) is 0.585. The molecule has 2 aromatic rings. The van der Waals surface area contributed by atoms with E-state index >= 15 is 0 Å². The highest BCUT2D eigenvalue weighted by atomic mass is 32.2. The Hall–Kier alpha value is -2.62. The van der Waals surface area contributed by atoms with Crippen LogP contribution in [-0.2, 0) is 21.1 Å². The van der Waals surface area contributed by atoms with Crippen molar-refractivity contribution < 1.29 is 35.5 Å². The Morgan fingerprint density at radius 1 is 0.939 bits per heavy atom. The lowest BCUT2D eigenvalue weighted by molar-refractivity contribution is -0.143. The van der Waals surface area contributed by atoms with E-state index in [2.05, 4.69) is 10.3 Å². The summed E-state index contributed by atoms with van der Waals surface area (Å²) in [5, 5.41) is 6.92. The number of hydrogen-bond acceptors (Lipinski definition) is 6. The highest BCUT2D eigenvalue weighted by molar-refractivity contribution is 7.86. The molecule has 1 amide bonds. The fraction of sp³-hybridized carbons (Fsp3) is 0.500. The number of hydrogen-bond donors (Lipinski definition) is 0. The van der Waals surface area contributed by atoms with Gasteiger partial charge in [-0.3, -0.25) is 4.79 Å². The summed E-state index contributed by atoms with van der Waals surface area (Å²) < 4.78 is 88.2. The van der Waals surface area contributed by atoms with Gasteiger partial charge in [-0.25, -0.2) is 9.07 Å². The number of halogens is 4. The van der Waals surface area contributed by atoms with Crippen molar-refractivity contribution in [3.63, 3.8) is 0 Å². The standard InChI is InChI=1S/C18H20F4N6O4S/c19-13-1-3-14(4-2-13)28-16(18(20,21)22)15(23-24-28)17(29)25-5-7-26(8-6-25)33(30,31)27-9-11-32-12-10-27/h1-4H,5-12H2. The van der Waals surface area contributed by atoms with Gasteiger partial charge in [-0.2, -0.15) is 30.2 Å². The van der Waals surface area contributed by atoms with E-state index in [0.29, 0.717) is 4.68 Å². The Kier molecular flexibility index (Phi) is 6.39. The van der Waals surface area contributed by atoms with Crippen molar-refractivity contribution in [1.29, 1.82) is 0 Å². The number of piperazine rings is 1. The fourth-order valence-corrected chi connectivity index (χ4v) is 5.22. The second kappa shape index (κ2) is 8.96. The zero-order valence-corrected chi connectivity index (χ0v) is 18.0. The maximum atomic E-state index is 13.8. The van der Waals surface area contributed by atoms with Gasteiger partial charge in [0.15, 0.2) is 11.4 Å². The highest BCUT2D eigenvalue weighted by Gasteiger charge is 2.43. The van der Waals surface area contributed by atoms with E-state index in [9.17, 15) is 30.8 Å². The molecule has 180 valence electrons. The summed E-state index contributed by atoms with van der Waals surface area (Å²) in [5.41, 5.74) is -2.41. The molecule has 2 saturated heterocycles. The van der Waals surface area contributed by atoms with Crippen molar-refractivity contribution in [1.82, 2.24) is 28.5 Å². The van der Waals surface area contributed by atoms with Crippen LogP contribution in [0.25, 0.3) is 5.69 Å².